The minimum atomic E-state index is 0.579. The van der Waals surface area contributed by atoms with Gasteiger partial charge >= 0.3 is 183 Å². The van der Waals surface area contributed by atoms with Crippen molar-refractivity contribution in [2.24, 2.45) is 0 Å². The molecule has 0 radical (unpaired) electrons. The standard InChI is InChI=1S/C24H12Se4/c1-5-13-14-6-2-10-18-22(14)24-16(8-4-12-20(24)28-27-18)15-7-3-11-19-23(15)21(13)17(9-1)25-26-19/h1-12H. The summed E-state index contributed by atoms with van der Waals surface area (Å²) in [6, 6.07) is 28.3. The van der Waals surface area contributed by atoms with Crippen molar-refractivity contribution >= 4 is 111 Å². The average Bonchev–Trinajstić information content (AvgIpc) is 2.76. The Morgan fingerprint density at radius 2 is 0.571 bits per heavy atom. The first-order valence-corrected chi connectivity index (χ1v) is 21.2. The van der Waals surface area contributed by atoms with Crippen LogP contribution >= 0.6 is 0 Å². The number of rotatable bonds is 0. The normalized spacial score (nSPS) is 12.3. The Hall–Kier alpha value is -1.04. The van der Waals surface area contributed by atoms with Crippen molar-refractivity contribution in [1.29, 1.82) is 0 Å². The Morgan fingerprint density at radius 1 is 0.321 bits per heavy atom. The Labute approximate surface area is 182 Å². The molecule has 0 aliphatic rings. The zero-order chi connectivity index (χ0) is 18.2. The van der Waals surface area contributed by atoms with Gasteiger partial charge in [-0.05, 0) is 0 Å². The molecule has 132 valence electrons. The van der Waals surface area contributed by atoms with Crippen molar-refractivity contribution in [3.05, 3.63) is 72.8 Å². The van der Waals surface area contributed by atoms with Crippen LogP contribution in [0.1, 0.15) is 0 Å². The molecule has 0 unspecified atom stereocenters. The Kier molecular flexibility index (Phi) is 3.72. The second-order valence-corrected chi connectivity index (χ2v) is 19.4. The van der Waals surface area contributed by atoms with Crippen LogP contribution in [0.25, 0.3) is 60.1 Å². The molecule has 0 atom stereocenters. The maximum absolute atomic E-state index is 2.39. The van der Waals surface area contributed by atoms with Gasteiger partial charge in [-0.2, -0.15) is 0 Å². The van der Waals surface area contributed by atoms with Crippen LogP contribution in [0.2, 0.25) is 0 Å². The topological polar surface area (TPSA) is 0 Å². The number of hydrogen-bond acceptors (Lipinski definition) is 0. The molecule has 5 aromatic carbocycles. The fraction of sp³-hybridized carbons (Fsp3) is 0. The first kappa shape index (κ1) is 16.7. The van der Waals surface area contributed by atoms with Crippen LogP contribution in [0, 0.1) is 0 Å². The summed E-state index contributed by atoms with van der Waals surface area (Å²) < 4.78 is 6.42. The summed E-state index contributed by atoms with van der Waals surface area (Å²) in [6.07, 6.45) is 0. The zero-order valence-electron chi connectivity index (χ0n) is 14.6. The van der Waals surface area contributed by atoms with Crippen LogP contribution in [-0.2, 0) is 0 Å². The summed E-state index contributed by atoms with van der Waals surface area (Å²) in [7, 11) is 0. The summed E-state index contributed by atoms with van der Waals surface area (Å²) in [6.45, 7) is 0. The van der Waals surface area contributed by atoms with Crippen molar-refractivity contribution in [2.45, 2.75) is 0 Å². The van der Waals surface area contributed by atoms with Gasteiger partial charge in [0.05, 0.1) is 0 Å². The molecule has 0 aliphatic heterocycles. The number of hydrogen-bond donors (Lipinski definition) is 0. The van der Waals surface area contributed by atoms with Crippen LogP contribution in [-0.4, -0.2) is 50.5 Å². The van der Waals surface area contributed by atoms with E-state index < -0.39 is 0 Å². The van der Waals surface area contributed by atoms with Crippen molar-refractivity contribution < 1.29 is 0 Å². The van der Waals surface area contributed by atoms with E-state index in [4.69, 9.17) is 0 Å². The number of benzene rings is 4. The van der Waals surface area contributed by atoms with Crippen LogP contribution in [0.3, 0.4) is 0 Å². The van der Waals surface area contributed by atoms with E-state index in [9.17, 15) is 0 Å². The minimum absolute atomic E-state index is 0.579. The second-order valence-electron chi connectivity index (χ2n) is 7.05. The van der Waals surface area contributed by atoms with E-state index in [1.54, 1.807) is 17.0 Å². The molecular weight excluding hydrogens is 604 g/mol. The molecule has 0 spiro atoms. The summed E-state index contributed by atoms with van der Waals surface area (Å²) in [5.74, 6) is 0. The average molecular weight is 616 g/mol. The van der Waals surface area contributed by atoms with Gasteiger partial charge in [-0.1, -0.05) is 0 Å². The molecule has 0 aliphatic carbocycles. The van der Waals surface area contributed by atoms with Crippen LogP contribution in [0.4, 0.5) is 0 Å². The van der Waals surface area contributed by atoms with Gasteiger partial charge in [0.1, 0.15) is 0 Å². The van der Waals surface area contributed by atoms with E-state index in [-0.39, 0.29) is 0 Å². The Balaban J connectivity index is 2.06. The number of fused-ring (bicyclic) bond motifs is 2. The van der Waals surface area contributed by atoms with E-state index in [0.717, 1.165) is 0 Å². The predicted octanol–water partition coefficient (Wildman–Crippen LogP) is 5.40. The summed E-state index contributed by atoms with van der Waals surface area (Å²) in [4.78, 5) is 0. The third-order valence-corrected chi connectivity index (χ3v) is 20.0. The maximum atomic E-state index is 2.39. The van der Waals surface area contributed by atoms with Gasteiger partial charge in [0.25, 0.3) is 0 Å². The molecule has 0 saturated carbocycles. The molecule has 0 saturated heterocycles. The van der Waals surface area contributed by atoms with Crippen molar-refractivity contribution in [1.82, 2.24) is 0 Å². The van der Waals surface area contributed by atoms with E-state index in [1.165, 1.54) is 43.1 Å². The molecule has 0 amide bonds. The van der Waals surface area contributed by atoms with Gasteiger partial charge in [-0.3, -0.25) is 0 Å². The van der Waals surface area contributed by atoms with Crippen molar-refractivity contribution in [3.8, 4) is 0 Å². The summed E-state index contributed by atoms with van der Waals surface area (Å²) >= 11 is 2.32. The van der Waals surface area contributed by atoms with Crippen LogP contribution < -0.4 is 0 Å². The van der Waals surface area contributed by atoms with Gasteiger partial charge in [0.2, 0.25) is 0 Å². The van der Waals surface area contributed by atoms with Gasteiger partial charge < -0.3 is 0 Å². The first-order valence-electron chi connectivity index (χ1n) is 9.13. The van der Waals surface area contributed by atoms with Crippen LogP contribution in [0.15, 0.2) is 72.8 Å². The summed E-state index contributed by atoms with van der Waals surface area (Å²) in [5, 5.41) is 12.0. The third kappa shape index (κ3) is 2.19. The quantitative estimate of drug-likeness (QED) is 0.158. The van der Waals surface area contributed by atoms with Gasteiger partial charge in [-0.25, -0.2) is 0 Å². The monoisotopic (exact) mass is 620 g/mol. The molecule has 2 aromatic heterocycles. The van der Waals surface area contributed by atoms with E-state index in [0.29, 0.717) is 50.5 Å². The second kappa shape index (κ2) is 6.23. The van der Waals surface area contributed by atoms with E-state index in [1.807, 2.05) is 0 Å². The molecule has 0 N–H and O–H groups in total. The van der Waals surface area contributed by atoms with Crippen molar-refractivity contribution in [3.63, 3.8) is 0 Å². The Morgan fingerprint density at radius 3 is 0.821 bits per heavy atom. The van der Waals surface area contributed by atoms with Crippen molar-refractivity contribution in [2.75, 3.05) is 0 Å². The van der Waals surface area contributed by atoms with Crippen LogP contribution in [0.5, 0.6) is 0 Å². The van der Waals surface area contributed by atoms with Gasteiger partial charge in [0, 0.05) is 0 Å². The van der Waals surface area contributed by atoms with E-state index in [2.05, 4.69) is 72.8 Å². The van der Waals surface area contributed by atoms with Gasteiger partial charge in [0.15, 0.2) is 0 Å². The molecule has 0 bridgehead atoms. The molecule has 2 heterocycles. The molecule has 0 nitrogen and oxygen atoms in total. The molecular formula is C24H12Se4. The molecule has 7 rings (SSSR count). The molecule has 0 fully saturated rings. The molecule has 7 aromatic rings. The third-order valence-electron chi connectivity index (χ3n) is 5.63. The van der Waals surface area contributed by atoms with E-state index >= 15 is 0 Å². The predicted molar refractivity (Wildman–Crippen MR) is 128 cm³/mol. The fourth-order valence-electron chi connectivity index (χ4n) is 4.51. The van der Waals surface area contributed by atoms with Gasteiger partial charge in [-0.15, -0.1) is 0 Å². The SMILES string of the molecule is c1cc2[se][se]c3cccc4c5cccc6[se][se]c7cccc(c(c1)c2c34)c7c65. The zero-order valence-corrected chi connectivity index (χ0v) is 21.4. The summed E-state index contributed by atoms with van der Waals surface area (Å²) in [5.41, 5.74) is 0. The first-order chi connectivity index (χ1) is 13.9. The fourth-order valence-corrected chi connectivity index (χ4v) is 18.8. The Bertz CT molecular complexity index is 1460. The molecule has 4 heteroatoms. The molecule has 28 heavy (non-hydrogen) atoms.